The zero-order valence-electron chi connectivity index (χ0n) is 9.21. The summed E-state index contributed by atoms with van der Waals surface area (Å²) in [7, 11) is 0. The Labute approximate surface area is 95.2 Å². The van der Waals surface area contributed by atoms with Crippen molar-refractivity contribution in [1.82, 2.24) is 0 Å². The molecule has 2 nitrogen and oxygen atoms in total. The van der Waals surface area contributed by atoms with E-state index < -0.39 is 0 Å². The van der Waals surface area contributed by atoms with E-state index in [1.807, 2.05) is 13.8 Å². The van der Waals surface area contributed by atoms with Gasteiger partial charge in [0.05, 0.1) is 9.79 Å². The Morgan fingerprint density at radius 3 is 2.64 bits per heavy atom. The molecule has 82 valence electrons. The van der Waals surface area contributed by atoms with Crippen LogP contribution in [0.5, 0.6) is 0 Å². The Morgan fingerprint density at radius 1 is 1.43 bits per heavy atom. The zero-order chi connectivity index (χ0) is 10.4. The van der Waals surface area contributed by atoms with Crippen LogP contribution < -0.4 is 0 Å². The minimum atomic E-state index is 0.420. The third-order valence-electron chi connectivity index (χ3n) is 2.19. The molecule has 0 bridgehead atoms. The smallest absolute Gasteiger partial charge is 0.114 e. The molecular weight excluding hydrogens is 214 g/mol. The summed E-state index contributed by atoms with van der Waals surface area (Å²) in [5.41, 5.74) is 1.11. The molecule has 0 aromatic rings. The molecule has 0 aliphatic carbocycles. The zero-order valence-corrected chi connectivity index (χ0v) is 10.8. The number of nitrogens with zero attached hydrogens (tertiary/aromatic N) is 1. The second kappa shape index (κ2) is 5.91. The first-order valence-electron chi connectivity index (χ1n) is 5.09. The van der Waals surface area contributed by atoms with Gasteiger partial charge >= 0.3 is 0 Å². The van der Waals surface area contributed by atoms with Gasteiger partial charge in [-0.25, -0.2) is 0 Å². The number of rotatable bonds is 5. The topological polar surface area (TPSA) is 21.6 Å². The van der Waals surface area contributed by atoms with Gasteiger partial charge in [-0.15, -0.1) is 23.5 Å². The van der Waals surface area contributed by atoms with Crippen LogP contribution in [-0.2, 0) is 4.84 Å². The lowest BCUT2D eigenvalue weighted by molar-refractivity contribution is 0.158. The lowest BCUT2D eigenvalue weighted by Gasteiger charge is -2.20. The molecule has 0 aromatic heterocycles. The fourth-order valence-electron chi connectivity index (χ4n) is 1.33. The highest BCUT2D eigenvalue weighted by Gasteiger charge is 2.29. The molecule has 0 N–H and O–H groups in total. The molecule has 1 aliphatic rings. The summed E-state index contributed by atoms with van der Waals surface area (Å²) in [4.78, 5) is 5.02. The van der Waals surface area contributed by atoms with Crippen molar-refractivity contribution in [3.05, 3.63) is 0 Å². The Bertz CT molecular complexity index is 200. The third-order valence-corrected chi connectivity index (χ3v) is 5.60. The lowest BCUT2D eigenvalue weighted by Crippen LogP contribution is -2.12. The van der Waals surface area contributed by atoms with E-state index >= 15 is 0 Å². The highest BCUT2D eigenvalue weighted by atomic mass is 32.2. The largest absolute Gasteiger partial charge is 0.396 e. The molecule has 0 radical (unpaired) electrons. The van der Waals surface area contributed by atoms with E-state index in [2.05, 4.69) is 35.6 Å². The minimum absolute atomic E-state index is 0.420. The Balaban J connectivity index is 2.25. The Morgan fingerprint density at radius 2 is 2.07 bits per heavy atom. The average Bonchev–Trinajstić information content (AvgIpc) is 2.60. The summed E-state index contributed by atoms with van der Waals surface area (Å²) in [6.07, 6.45) is 2.25. The SMILES string of the molecule is CCO/N=C(\C)CCC1(C)SCCS1. The average molecular weight is 233 g/mol. The van der Waals surface area contributed by atoms with Crippen molar-refractivity contribution in [3.8, 4) is 0 Å². The molecular formula is C10H19NOS2. The number of oxime groups is 1. The van der Waals surface area contributed by atoms with Gasteiger partial charge in [-0.05, 0) is 33.6 Å². The van der Waals surface area contributed by atoms with Gasteiger partial charge in [0.15, 0.2) is 0 Å². The van der Waals surface area contributed by atoms with Gasteiger partial charge in [-0.2, -0.15) is 0 Å². The van der Waals surface area contributed by atoms with Crippen LogP contribution in [0.2, 0.25) is 0 Å². The molecule has 1 heterocycles. The lowest BCUT2D eigenvalue weighted by atomic mass is 10.2. The summed E-state index contributed by atoms with van der Waals surface area (Å²) in [6, 6.07) is 0. The van der Waals surface area contributed by atoms with Crippen LogP contribution in [0.25, 0.3) is 0 Å². The first-order chi connectivity index (χ1) is 6.66. The standard InChI is InChI=1S/C10H19NOS2/c1-4-12-11-9(2)5-6-10(3)13-7-8-14-10/h4-8H2,1-3H3/b11-9+. The molecule has 1 aliphatic heterocycles. The second-order valence-electron chi connectivity index (χ2n) is 3.58. The number of thioether (sulfide) groups is 2. The van der Waals surface area contributed by atoms with Crippen LogP contribution in [0, 0.1) is 0 Å². The Kier molecular flexibility index (Phi) is 5.17. The van der Waals surface area contributed by atoms with Crippen LogP contribution in [0.4, 0.5) is 0 Å². The van der Waals surface area contributed by atoms with E-state index in [4.69, 9.17) is 4.84 Å². The highest BCUT2D eigenvalue weighted by Crippen LogP contribution is 2.46. The molecule has 0 saturated carbocycles. The monoisotopic (exact) mass is 233 g/mol. The molecule has 4 heteroatoms. The van der Waals surface area contributed by atoms with Crippen molar-refractivity contribution >= 4 is 29.2 Å². The molecule has 1 saturated heterocycles. The summed E-state index contributed by atoms with van der Waals surface area (Å²) < 4.78 is 0.420. The van der Waals surface area contributed by atoms with E-state index in [0.29, 0.717) is 10.7 Å². The molecule has 0 atom stereocenters. The van der Waals surface area contributed by atoms with E-state index in [-0.39, 0.29) is 0 Å². The summed E-state index contributed by atoms with van der Waals surface area (Å²) in [5.74, 6) is 2.59. The van der Waals surface area contributed by atoms with Gasteiger partial charge in [0.25, 0.3) is 0 Å². The van der Waals surface area contributed by atoms with Crippen molar-refractivity contribution in [2.45, 2.75) is 37.7 Å². The maximum absolute atomic E-state index is 5.02. The maximum Gasteiger partial charge on any atom is 0.114 e. The van der Waals surface area contributed by atoms with Gasteiger partial charge in [0, 0.05) is 11.5 Å². The fourth-order valence-corrected chi connectivity index (χ4v) is 4.19. The van der Waals surface area contributed by atoms with Crippen LogP contribution in [0.15, 0.2) is 5.16 Å². The molecule has 0 unspecified atom stereocenters. The Hall–Kier alpha value is 0.170. The van der Waals surface area contributed by atoms with Crippen LogP contribution in [0.3, 0.4) is 0 Å². The second-order valence-corrected chi connectivity index (χ2v) is 7.03. The molecule has 0 spiro atoms. The van der Waals surface area contributed by atoms with Crippen molar-refractivity contribution < 1.29 is 4.84 Å². The van der Waals surface area contributed by atoms with Crippen LogP contribution >= 0.6 is 23.5 Å². The van der Waals surface area contributed by atoms with Crippen molar-refractivity contribution in [2.24, 2.45) is 5.16 Å². The highest BCUT2D eigenvalue weighted by molar-refractivity contribution is 8.21. The van der Waals surface area contributed by atoms with Gasteiger partial charge in [-0.1, -0.05) is 5.16 Å². The quantitative estimate of drug-likeness (QED) is 0.537. The van der Waals surface area contributed by atoms with Crippen molar-refractivity contribution in [2.75, 3.05) is 18.1 Å². The van der Waals surface area contributed by atoms with E-state index in [1.165, 1.54) is 17.9 Å². The van der Waals surface area contributed by atoms with Crippen LogP contribution in [-0.4, -0.2) is 27.9 Å². The van der Waals surface area contributed by atoms with Gasteiger partial charge in [0.2, 0.25) is 0 Å². The van der Waals surface area contributed by atoms with E-state index in [0.717, 1.165) is 12.1 Å². The first kappa shape index (κ1) is 12.2. The normalized spacial score (nSPS) is 21.2. The maximum atomic E-state index is 5.02. The summed E-state index contributed by atoms with van der Waals surface area (Å²) in [6.45, 7) is 7.01. The molecule has 1 rings (SSSR count). The molecule has 14 heavy (non-hydrogen) atoms. The predicted molar refractivity (Wildman–Crippen MR) is 67.3 cm³/mol. The van der Waals surface area contributed by atoms with Crippen LogP contribution in [0.1, 0.15) is 33.6 Å². The van der Waals surface area contributed by atoms with Gasteiger partial charge < -0.3 is 4.84 Å². The predicted octanol–water partition coefficient (Wildman–Crippen LogP) is 3.38. The molecule has 1 fully saturated rings. The van der Waals surface area contributed by atoms with Crippen molar-refractivity contribution in [3.63, 3.8) is 0 Å². The number of hydrogen-bond acceptors (Lipinski definition) is 4. The number of hydrogen-bond donors (Lipinski definition) is 0. The van der Waals surface area contributed by atoms with E-state index in [1.54, 1.807) is 0 Å². The third kappa shape index (κ3) is 4.13. The summed E-state index contributed by atoms with van der Waals surface area (Å²) in [5, 5.41) is 4.03. The van der Waals surface area contributed by atoms with E-state index in [9.17, 15) is 0 Å². The fraction of sp³-hybridized carbons (Fsp3) is 0.900. The van der Waals surface area contributed by atoms with Gasteiger partial charge in [0.1, 0.15) is 6.61 Å². The first-order valence-corrected chi connectivity index (χ1v) is 7.07. The minimum Gasteiger partial charge on any atom is -0.396 e. The van der Waals surface area contributed by atoms with Gasteiger partial charge in [-0.3, -0.25) is 0 Å². The molecule has 0 aromatic carbocycles. The van der Waals surface area contributed by atoms with Crippen molar-refractivity contribution in [1.29, 1.82) is 0 Å². The molecule has 0 amide bonds. The summed E-state index contributed by atoms with van der Waals surface area (Å²) >= 11 is 4.16.